The van der Waals surface area contributed by atoms with Gasteiger partial charge in [0.2, 0.25) is 0 Å². The lowest BCUT2D eigenvalue weighted by Gasteiger charge is -2.20. The van der Waals surface area contributed by atoms with Gasteiger partial charge in [0.05, 0.1) is 12.1 Å². The molecular weight excluding hydrogens is 216 g/mol. The van der Waals surface area contributed by atoms with Crippen LogP contribution >= 0.6 is 0 Å². The van der Waals surface area contributed by atoms with Crippen LogP contribution in [-0.2, 0) is 4.74 Å². The molecule has 0 aliphatic carbocycles. The highest BCUT2D eigenvalue weighted by molar-refractivity contribution is 5.44. The Hall–Kier alpha value is -1.62. The molecule has 5 nitrogen and oxygen atoms in total. The average Bonchev–Trinajstić information content (AvgIpc) is 2.99. The maximum absolute atomic E-state index is 5.65. The molecular formula is C12H16N4O. The first-order valence-electron chi connectivity index (χ1n) is 6.01. The van der Waals surface area contributed by atoms with E-state index in [2.05, 4.69) is 22.3 Å². The summed E-state index contributed by atoms with van der Waals surface area (Å²) in [5, 5.41) is 7.82. The third-order valence-electron chi connectivity index (χ3n) is 3.15. The third kappa shape index (κ3) is 2.10. The summed E-state index contributed by atoms with van der Waals surface area (Å²) in [6, 6.07) is 4.19. The topological polar surface area (TPSA) is 51.5 Å². The zero-order valence-electron chi connectivity index (χ0n) is 9.84. The number of nitrogens with one attached hydrogen (secondary N) is 1. The molecule has 1 aliphatic heterocycles. The fraction of sp³-hybridized carbons (Fsp3) is 0.500. The van der Waals surface area contributed by atoms with Gasteiger partial charge in [-0.25, -0.2) is 9.50 Å². The third-order valence-corrected chi connectivity index (χ3v) is 3.15. The van der Waals surface area contributed by atoms with Crippen molar-refractivity contribution in [2.45, 2.75) is 31.9 Å². The Morgan fingerprint density at radius 3 is 3.29 bits per heavy atom. The van der Waals surface area contributed by atoms with Crippen molar-refractivity contribution in [2.24, 2.45) is 0 Å². The lowest BCUT2D eigenvalue weighted by molar-refractivity contribution is 0.0995. The summed E-state index contributed by atoms with van der Waals surface area (Å²) in [6.07, 6.45) is 6.18. The van der Waals surface area contributed by atoms with Crippen LogP contribution in [0.15, 0.2) is 24.5 Å². The second-order valence-electron chi connectivity index (χ2n) is 4.43. The van der Waals surface area contributed by atoms with Gasteiger partial charge in [0.15, 0.2) is 5.65 Å². The molecule has 1 saturated heterocycles. The van der Waals surface area contributed by atoms with E-state index in [0.29, 0.717) is 6.10 Å². The number of fused-ring (bicyclic) bond motifs is 1. The Kier molecular flexibility index (Phi) is 2.68. The number of anilines is 1. The fourth-order valence-corrected chi connectivity index (χ4v) is 2.22. The first-order chi connectivity index (χ1) is 8.33. The van der Waals surface area contributed by atoms with Gasteiger partial charge in [-0.05, 0) is 31.9 Å². The molecule has 0 spiro atoms. The van der Waals surface area contributed by atoms with Gasteiger partial charge < -0.3 is 10.1 Å². The van der Waals surface area contributed by atoms with Crippen molar-refractivity contribution in [1.29, 1.82) is 0 Å². The highest BCUT2D eigenvalue weighted by Gasteiger charge is 2.22. The maximum Gasteiger partial charge on any atom is 0.153 e. The van der Waals surface area contributed by atoms with Crippen LogP contribution in [0, 0.1) is 0 Å². The van der Waals surface area contributed by atoms with Crippen LogP contribution in [0.1, 0.15) is 19.8 Å². The Balaban J connectivity index is 1.74. The molecule has 90 valence electrons. The van der Waals surface area contributed by atoms with Gasteiger partial charge in [-0.1, -0.05) is 0 Å². The first kappa shape index (κ1) is 10.5. The van der Waals surface area contributed by atoms with Crippen molar-refractivity contribution >= 4 is 11.5 Å². The van der Waals surface area contributed by atoms with Crippen LogP contribution in [0.2, 0.25) is 0 Å². The van der Waals surface area contributed by atoms with Crippen molar-refractivity contribution in [3.8, 4) is 0 Å². The molecule has 0 saturated carbocycles. The van der Waals surface area contributed by atoms with E-state index in [0.717, 1.165) is 30.9 Å². The smallest absolute Gasteiger partial charge is 0.153 e. The first-order valence-corrected chi connectivity index (χ1v) is 6.01. The van der Waals surface area contributed by atoms with E-state index in [9.17, 15) is 0 Å². The Morgan fingerprint density at radius 1 is 1.53 bits per heavy atom. The predicted molar refractivity (Wildman–Crippen MR) is 65.0 cm³/mol. The molecule has 17 heavy (non-hydrogen) atoms. The molecule has 2 unspecified atom stereocenters. The highest BCUT2D eigenvalue weighted by Crippen LogP contribution is 2.18. The summed E-state index contributed by atoms with van der Waals surface area (Å²) in [4.78, 5) is 4.16. The number of imidazole rings is 1. The molecule has 0 aromatic carbocycles. The Morgan fingerprint density at radius 2 is 2.47 bits per heavy atom. The summed E-state index contributed by atoms with van der Waals surface area (Å²) in [6.45, 7) is 3.01. The summed E-state index contributed by atoms with van der Waals surface area (Å²) in [5.41, 5.74) is 0.861. The maximum atomic E-state index is 5.65. The van der Waals surface area contributed by atoms with Crippen molar-refractivity contribution < 1.29 is 4.74 Å². The molecule has 0 bridgehead atoms. The average molecular weight is 232 g/mol. The normalized spacial score (nSPS) is 21.8. The van der Waals surface area contributed by atoms with Gasteiger partial charge in [-0.3, -0.25) is 0 Å². The number of aromatic nitrogens is 3. The Labute approximate surface area is 99.8 Å². The van der Waals surface area contributed by atoms with Crippen LogP contribution in [0.5, 0.6) is 0 Å². The van der Waals surface area contributed by atoms with Crippen LogP contribution in [0.25, 0.3) is 5.65 Å². The van der Waals surface area contributed by atoms with E-state index in [1.807, 2.05) is 18.3 Å². The number of nitrogens with zero attached hydrogens (tertiary/aromatic N) is 3. The number of hydrogen-bond donors (Lipinski definition) is 1. The van der Waals surface area contributed by atoms with E-state index in [4.69, 9.17) is 4.74 Å². The van der Waals surface area contributed by atoms with Gasteiger partial charge in [0.25, 0.3) is 0 Å². The minimum absolute atomic E-state index is 0.283. The zero-order chi connectivity index (χ0) is 11.7. The predicted octanol–water partition coefficient (Wildman–Crippen LogP) is 1.71. The molecule has 2 aromatic rings. The van der Waals surface area contributed by atoms with Crippen LogP contribution in [0.4, 0.5) is 5.82 Å². The largest absolute Gasteiger partial charge is 0.376 e. The van der Waals surface area contributed by atoms with E-state index in [1.54, 1.807) is 10.7 Å². The van der Waals surface area contributed by atoms with E-state index < -0.39 is 0 Å². The quantitative estimate of drug-likeness (QED) is 0.875. The fourth-order valence-electron chi connectivity index (χ4n) is 2.22. The molecule has 1 N–H and O–H groups in total. The van der Waals surface area contributed by atoms with E-state index >= 15 is 0 Å². The molecule has 1 fully saturated rings. The monoisotopic (exact) mass is 232 g/mol. The summed E-state index contributed by atoms with van der Waals surface area (Å²) in [5.74, 6) is 0.860. The van der Waals surface area contributed by atoms with Gasteiger partial charge in [-0.2, -0.15) is 0 Å². The van der Waals surface area contributed by atoms with E-state index in [-0.39, 0.29) is 6.04 Å². The lowest BCUT2D eigenvalue weighted by Crippen LogP contribution is -2.30. The zero-order valence-corrected chi connectivity index (χ0v) is 9.84. The van der Waals surface area contributed by atoms with Crippen LogP contribution in [0.3, 0.4) is 0 Å². The van der Waals surface area contributed by atoms with Crippen molar-refractivity contribution in [2.75, 3.05) is 11.9 Å². The second-order valence-corrected chi connectivity index (χ2v) is 4.43. The van der Waals surface area contributed by atoms with Gasteiger partial charge >= 0.3 is 0 Å². The molecule has 1 aliphatic rings. The standard InChI is InChI=1S/C12H16N4O/c1-9(10-3-2-8-17-10)14-11-4-5-12-13-6-7-16(12)15-11/h4-7,9-10H,2-3,8H2,1H3,(H,14,15). The van der Waals surface area contributed by atoms with Crippen molar-refractivity contribution in [3.05, 3.63) is 24.5 Å². The second kappa shape index (κ2) is 4.33. The molecule has 2 atom stereocenters. The van der Waals surface area contributed by atoms with Gasteiger partial charge in [0.1, 0.15) is 5.82 Å². The summed E-state index contributed by atoms with van der Waals surface area (Å²) in [7, 11) is 0. The molecule has 3 rings (SSSR count). The number of rotatable bonds is 3. The Bertz CT molecular complexity index is 504. The summed E-state index contributed by atoms with van der Waals surface area (Å²) < 4.78 is 7.42. The molecule has 0 radical (unpaired) electrons. The number of ether oxygens (including phenoxy) is 1. The molecule has 3 heterocycles. The number of hydrogen-bond acceptors (Lipinski definition) is 4. The van der Waals surface area contributed by atoms with Gasteiger partial charge in [0, 0.05) is 19.0 Å². The molecule has 2 aromatic heterocycles. The highest BCUT2D eigenvalue weighted by atomic mass is 16.5. The minimum Gasteiger partial charge on any atom is -0.376 e. The lowest BCUT2D eigenvalue weighted by atomic mass is 10.1. The molecule has 0 amide bonds. The van der Waals surface area contributed by atoms with Crippen LogP contribution in [-0.4, -0.2) is 33.4 Å². The van der Waals surface area contributed by atoms with Crippen molar-refractivity contribution in [1.82, 2.24) is 14.6 Å². The molecule has 5 heteroatoms. The van der Waals surface area contributed by atoms with E-state index in [1.165, 1.54) is 0 Å². The van der Waals surface area contributed by atoms with Crippen molar-refractivity contribution in [3.63, 3.8) is 0 Å². The minimum atomic E-state index is 0.283. The SMILES string of the molecule is CC(Nc1ccc2nccn2n1)C1CCCO1. The van der Waals surface area contributed by atoms with Crippen LogP contribution < -0.4 is 5.32 Å². The van der Waals surface area contributed by atoms with Gasteiger partial charge in [-0.15, -0.1) is 5.10 Å². The summed E-state index contributed by atoms with van der Waals surface area (Å²) >= 11 is 0.